The third-order valence-electron chi connectivity index (χ3n) is 3.01. The van der Waals surface area contributed by atoms with Crippen LogP contribution in [0.5, 0.6) is 0 Å². The van der Waals surface area contributed by atoms with E-state index in [-0.39, 0.29) is 12.5 Å². The summed E-state index contributed by atoms with van der Waals surface area (Å²) in [5, 5.41) is 18.4. The molecule has 3 N–H and O–H groups in total. The van der Waals surface area contributed by atoms with Crippen molar-refractivity contribution in [3.8, 4) is 11.3 Å². The van der Waals surface area contributed by atoms with Gasteiger partial charge >= 0.3 is 0 Å². The lowest BCUT2D eigenvalue weighted by molar-refractivity contribution is 0.0948. The minimum Gasteiger partial charge on any atom is -0.396 e. The molecule has 5 nitrogen and oxygen atoms in total. The second-order valence-electron chi connectivity index (χ2n) is 4.57. The van der Waals surface area contributed by atoms with Gasteiger partial charge in [-0.15, -0.1) is 0 Å². The number of H-pyrrole nitrogens is 1. The average Bonchev–Trinajstić information content (AvgIpc) is 2.98. The molecule has 106 valence electrons. The summed E-state index contributed by atoms with van der Waals surface area (Å²) in [5.74, 6) is -0.149. The van der Waals surface area contributed by atoms with Crippen molar-refractivity contribution in [2.45, 2.75) is 19.3 Å². The van der Waals surface area contributed by atoms with E-state index >= 15 is 0 Å². The van der Waals surface area contributed by atoms with E-state index in [9.17, 15) is 4.79 Å². The molecule has 2 rings (SSSR count). The minimum absolute atomic E-state index is 0.149. The molecule has 0 aliphatic heterocycles. The highest BCUT2D eigenvalue weighted by Crippen LogP contribution is 2.16. The van der Waals surface area contributed by atoms with Crippen molar-refractivity contribution in [2.75, 3.05) is 13.2 Å². The zero-order chi connectivity index (χ0) is 14.2. The Morgan fingerprint density at radius 1 is 1.20 bits per heavy atom. The Balaban J connectivity index is 1.87. The first-order valence-electron chi connectivity index (χ1n) is 6.81. The summed E-state index contributed by atoms with van der Waals surface area (Å²) in [6.07, 6.45) is 2.55. The molecular formula is C15H19N3O2. The molecule has 0 spiro atoms. The number of carbonyl (C=O) groups excluding carboxylic acids is 1. The first-order chi connectivity index (χ1) is 9.81. The van der Waals surface area contributed by atoms with E-state index in [1.54, 1.807) is 6.07 Å². The van der Waals surface area contributed by atoms with Crippen LogP contribution >= 0.6 is 0 Å². The molecule has 2 aromatic rings. The Morgan fingerprint density at radius 3 is 2.75 bits per heavy atom. The van der Waals surface area contributed by atoms with Crippen LogP contribution in [0.3, 0.4) is 0 Å². The van der Waals surface area contributed by atoms with Crippen LogP contribution in [-0.4, -0.2) is 34.4 Å². The molecule has 5 heteroatoms. The summed E-state index contributed by atoms with van der Waals surface area (Å²) < 4.78 is 0. The van der Waals surface area contributed by atoms with Crippen molar-refractivity contribution >= 4 is 5.91 Å². The van der Waals surface area contributed by atoms with Crippen LogP contribution in [-0.2, 0) is 0 Å². The number of benzene rings is 1. The molecule has 0 aliphatic rings. The SMILES string of the molecule is O=C(NCCCCCO)c1cc(-c2ccccc2)n[nH]1. The highest BCUT2D eigenvalue weighted by atomic mass is 16.2. The Bertz CT molecular complexity index is 537. The monoisotopic (exact) mass is 273 g/mol. The van der Waals surface area contributed by atoms with E-state index in [1.807, 2.05) is 30.3 Å². The van der Waals surface area contributed by atoms with Crippen molar-refractivity contribution < 1.29 is 9.90 Å². The van der Waals surface area contributed by atoms with Crippen molar-refractivity contribution in [1.82, 2.24) is 15.5 Å². The second-order valence-corrected chi connectivity index (χ2v) is 4.57. The smallest absolute Gasteiger partial charge is 0.269 e. The normalized spacial score (nSPS) is 10.4. The van der Waals surface area contributed by atoms with E-state index < -0.39 is 0 Å². The van der Waals surface area contributed by atoms with Crippen LogP contribution in [0, 0.1) is 0 Å². The van der Waals surface area contributed by atoms with Crippen LogP contribution in [0.4, 0.5) is 0 Å². The number of nitrogens with one attached hydrogen (secondary N) is 2. The molecule has 0 unspecified atom stereocenters. The second kappa shape index (κ2) is 7.45. The highest BCUT2D eigenvalue weighted by Gasteiger charge is 2.10. The Labute approximate surface area is 118 Å². The number of aromatic nitrogens is 2. The van der Waals surface area contributed by atoms with Gasteiger partial charge in [0, 0.05) is 18.7 Å². The van der Waals surface area contributed by atoms with Crippen molar-refractivity contribution in [2.24, 2.45) is 0 Å². The number of carbonyl (C=O) groups is 1. The molecule has 0 radical (unpaired) electrons. The molecule has 0 aliphatic carbocycles. The number of unbranched alkanes of at least 4 members (excludes halogenated alkanes) is 2. The van der Waals surface area contributed by atoms with Gasteiger partial charge in [0.2, 0.25) is 0 Å². The van der Waals surface area contributed by atoms with Crippen LogP contribution in [0.25, 0.3) is 11.3 Å². The van der Waals surface area contributed by atoms with Crippen LogP contribution in [0.2, 0.25) is 0 Å². The molecule has 1 heterocycles. The number of amides is 1. The van der Waals surface area contributed by atoms with Crippen LogP contribution in [0.1, 0.15) is 29.8 Å². The van der Waals surface area contributed by atoms with Gasteiger partial charge < -0.3 is 10.4 Å². The summed E-state index contributed by atoms with van der Waals surface area (Å²) in [5.41, 5.74) is 2.20. The molecule has 1 aromatic carbocycles. The summed E-state index contributed by atoms with van der Waals surface area (Å²) in [4.78, 5) is 11.9. The predicted molar refractivity (Wildman–Crippen MR) is 77.3 cm³/mol. The Hall–Kier alpha value is -2.14. The van der Waals surface area contributed by atoms with Crippen LogP contribution in [0.15, 0.2) is 36.4 Å². The fourth-order valence-electron chi connectivity index (χ4n) is 1.91. The van der Waals surface area contributed by atoms with E-state index in [0.717, 1.165) is 30.5 Å². The molecule has 0 saturated carbocycles. The maximum Gasteiger partial charge on any atom is 0.269 e. The van der Waals surface area contributed by atoms with E-state index in [2.05, 4.69) is 15.5 Å². The molecule has 20 heavy (non-hydrogen) atoms. The quantitative estimate of drug-likeness (QED) is 0.675. The van der Waals surface area contributed by atoms with Gasteiger partial charge in [0.15, 0.2) is 0 Å². The fourth-order valence-corrected chi connectivity index (χ4v) is 1.91. The molecule has 0 bridgehead atoms. The van der Waals surface area contributed by atoms with Crippen molar-refractivity contribution in [3.63, 3.8) is 0 Å². The van der Waals surface area contributed by atoms with Gasteiger partial charge in [-0.1, -0.05) is 30.3 Å². The molecule has 1 aromatic heterocycles. The summed E-state index contributed by atoms with van der Waals surface area (Å²) in [6.45, 7) is 0.813. The number of aliphatic hydroxyl groups excluding tert-OH is 1. The topological polar surface area (TPSA) is 78.0 Å². The summed E-state index contributed by atoms with van der Waals surface area (Å²) >= 11 is 0. The van der Waals surface area contributed by atoms with Crippen molar-refractivity contribution in [1.29, 1.82) is 0 Å². The first kappa shape index (κ1) is 14.3. The Kier molecular flexibility index (Phi) is 5.32. The largest absolute Gasteiger partial charge is 0.396 e. The predicted octanol–water partition coefficient (Wildman–Crippen LogP) is 1.97. The summed E-state index contributed by atoms with van der Waals surface area (Å²) in [6, 6.07) is 11.5. The van der Waals surface area contributed by atoms with E-state index in [0.29, 0.717) is 12.2 Å². The maximum absolute atomic E-state index is 11.9. The van der Waals surface area contributed by atoms with Gasteiger partial charge in [-0.2, -0.15) is 5.10 Å². The van der Waals surface area contributed by atoms with Gasteiger partial charge in [-0.3, -0.25) is 9.89 Å². The zero-order valence-corrected chi connectivity index (χ0v) is 11.3. The number of hydrogen-bond donors (Lipinski definition) is 3. The van der Waals surface area contributed by atoms with E-state index in [4.69, 9.17) is 5.11 Å². The lowest BCUT2D eigenvalue weighted by Crippen LogP contribution is -2.24. The van der Waals surface area contributed by atoms with Crippen molar-refractivity contribution in [3.05, 3.63) is 42.1 Å². The molecule has 0 saturated heterocycles. The molecule has 0 fully saturated rings. The Morgan fingerprint density at radius 2 is 2.00 bits per heavy atom. The molecule has 0 atom stereocenters. The molecule has 1 amide bonds. The van der Waals surface area contributed by atoms with E-state index in [1.165, 1.54) is 0 Å². The van der Waals surface area contributed by atoms with Gasteiger partial charge in [0.1, 0.15) is 5.69 Å². The van der Waals surface area contributed by atoms with Gasteiger partial charge in [0.05, 0.1) is 5.69 Å². The minimum atomic E-state index is -0.149. The standard InChI is InChI=1S/C15H19N3O2/c19-10-6-2-5-9-16-15(20)14-11-13(17-18-14)12-7-3-1-4-8-12/h1,3-4,7-8,11,19H,2,5-6,9-10H2,(H,16,20)(H,17,18). The highest BCUT2D eigenvalue weighted by molar-refractivity contribution is 5.93. The zero-order valence-electron chi connectivity index (χ0n) is 11.3. The lowest BCUT2D eigenvalue weighted by atomic mass is 10.1. The molecular weight excluding hydrogens is 254 g/mol. The number of hydrogen-bond acceptors (Lipinski definition) is 3. The summed E-state index contributed by atoms with van der Waals surface area (Å²) in [7, 11) is 0. The van der Waals surface area contributed by atoms with Gasteiger partial charge in [-0.25, -0.2) is 0 Å². The number of rotatable bonds is 7. The first-order valence-corrected chi connectivity index (χ1v) is 6.81. The van der Waals surface area contributed by atoms with Crippen LogP contribution < -0.4 is 5.32 Å². The number of aromatic amines is 1. The number of aliphatic hydroxyl groups is 1. The maximum atomic E-state index is 11.9. The number of nitrogens with zero attached hydrogens (tertiary/aromatic N) is 1. The third kappa shape index (κ3) is 3.93. The lowest BCUT2D eigenvalue weighted by Gasteiger charge is -2.02. The van der Waals surface area contributed by atoms with Gasteiger partial charge in [0.25, 0.3) is 5.91 Å². The van der Waals surface area contributed by atoms with Gasteiger partial charge in [-0.05, 0) is 25.3 Å². The third-order valence-corrected chi connectivity index (χ3v) is 3.01. The average molecular weight is 273 g/mol. The fraction of sp³-hybridized carbons (Fsp3) is 0.333.